The Hall–Kier alpha value is -1.04. The normalized spacial score (nSPS) is 13.8. The topological polar surface area (TPSA) is 55.9 Å². The summed E-state index contributed by atoms with van der Waals surface area (Å²) in [5.74, 6) is 7.74. The van der Waals surface area contributed by atoms with Crippen molar-refractivity contribution in [2.75, 3.05) is 5.75 Å². The highest BCUT2D eigenvalue weighted by Crippen LogP contribution is 2.24. The predicted octanol–water partition coefficient (Wildman–Crippen LogP) is 2.48. The molecule has 3 N–H and O–H groups in total. The molecule has 0 fully saturated rings. The van der Waals surface area contributed by atoms with Gasteiger partial charge < -0.3 is 4.57 Å². The molecule has 0 bridgehead atoms. The molecule has 0 aliphatic carbocycles. The molecule has 0 amide bonds. The van der Waals surface area contributed by atoms with Gasteiger partial charge in [-0.05, 0) is 12.1 Å². The summed E-state index contributed by atoms with van der Waals surface area (Å²) in [6.45, 7) is 6.67. The van der Waals surface area contributed by atoms with Gasteiger partial charge in [0, 0.05) is 30.0 Å². The van der Waals surface area contributed by atoms with Gasteiger partial charge in [0.2, 0.25) is 0 Å². The number of hydrogen-bond donors (Lipinski definition) is 2. The summed E-state index contributed by atoms with van der Waals surface area (Å²) in [6.07, 6.45) is 0.838. The molecular weight excluding hydrogens is 268 g/mol. The van der Waals surface area contributed by atoms with Crippen molar-refractivity contribution in [3.63, 3.8) is 0 Å². The minimum absolute atomic E-state index is 0.231. The van der Waals surface area contributed by atoms with E-state index in [2.05, 4.69) is 43.9 Å². The first kappa shape index (κ1) is 15.4. The van der Waals surface area contributed by atoms with Crippen LogP contribution < -0.4 is 11.3 Å². The highest BCUT2D eigenvalue weighted by Gasteiger charge is 2.17. The second-order valence-corrected chi connectivity index (χ2v) is 7.91. The Bertz CT molecular complexity index is 571. The van der Waals surface area contributed by atoms with Crippen molar-refractivity contribution in [2.45, 2.75) is 38.0 Å². The van der Waals surface area contributed by atoms with Crippen molar-refractivity contribution in [3.8, 4) is 0 Å². The largest absolute Gasteiger partial charge is 0.331 e. The van der Waals surface area contributed by atoms with Crippen molar-refractivity contribution >= 4 is 22.8 Å². The Balaban J connectivity index is 2.11. The van der Waals surface area contributed by atoms with Crippen LogP contribution in [0, 0.1) is 0 Å². The monoisotopic (exact) mass is 292 g/mol. The number of nitrogens with one attached hydrogen (secondary N) is 1. The molecule has 20 heavy (non-hydrogen) atoms. The van der Waals surface area contributed by atoms with Gasteiger partial charge in [-0.25, -0.2) is 4.98 Å². The first-order valence-corrected chi connectivity index (χ1v) is 7.89. The number of hydrogen-bond acceptors (Lipinski definition) is 4. The first-order chi connectivity index (χ1) is 9.40. The summed E-state index contributed by atoms with van der Waals surface area (Å²) < 4.78 is 2.41. The molecule has 0 aliphatic heterocycles. The number of aromatic nitrogens is 2. The van der Waals surface area contributed by atoms with Crippen LogP contribution >= 0.6 is 11.8 Å². The maximum atomic E-state index is 5.69. The zero-order chi connectivity index (χ0) is 14.8. The van der Waals surface area contributed by atoms with Crippen LogP contribution in [0.2, 0.25) is 0 Å². The fraction of sp³-hybridized carbons (Fsp3) is 0.533. The molecule has 2 aromatic rings. The molecule has 0 spiro atoms. The number of hydrazine groups is 1. The van der Waals surface area contributed by atoms with E-state index in [-0.39, 0.29) is 10.8 Å². The molecule has 1 aromatic carbocycles. The number of imidazole rings is 1. The number of nitrogens with zero attached hydrogens (tertiary/aromatic N) is 2. The Morgan fingerprint density at radius 2 is 2.05 bits per heavy atom. The fourth-order valence-corrected chi connectivity index (χ4v) is 3.03. The summed E-state index contributed by atoms with van der Waals surface area (Å²) in [5, 5.41) is 0. The average Bonchev–Trinajstić information content (AvgIpc) is 2.71. The summed E-state index contributed by atoms with van der Waals surface area (Å²) in [6, 6.07) is 8.44. The van der Waals surface area contributed by atoms with Crippen LogP contribution in [0.3, 0.4) is 0 Å². The molecule has 1 unspecified atom stereocenters. The maximum Gasteiger partial charge on any atom is 0.111 e. The van der Waals surface area contributed by atoms with Crippen molar-refractivity contribution < 1.29 is 0 Å². The molecule has 110 valence electrons. The number of thioether (sulfide) groups is 1. The van der Waals surface area contributed by atoms with E-state index in [1.165, 1.54) is 5.52 Å². The number of rotatable bonds is 5. The minimum Gasteiger partial charge on any atom is -0.331 e. The number of aryl methyl sites for hydroxylation is 1. The quantitative estimate of drug-likeness (QED) is 0.656. The van der Waals surface area contributed by atoms with Gasteiger partial charge in [0.15, 0.2) is 0 Å². The number of nitrogens with two attached hydrogens (primary N) is 1. The zero-order valence-electron chi connectivity index (χ0n) is 12.7. The molecular formula is C15H24N4S. The molecule has 0 saturated heterocycles. The van der Waals surface area contributed by atoms with Crippen molar-refractivity contribution in [3.05, 3.63) is 30.1 Å². The van der Waals surface area contributed by atoms with Gasteiger partial charge in [-0.3, -0.25) is 11.3 Å². The smallest absolute Gasteiger partial charge is 0.111 e. The molecule has 0 saturated carbocycles. The Morgan fingerprint density at radius 1 is 1.35 bits per heavy atom. The minimum atomic E-state index is 0.231. The summed E-state index contributed by atoms with van der Waals surface area (Å²) in [7, 11) is 2.06. The highest BCUT2D eigenvalue weighted by atomic mass is 32.2. The number of fused-ring (bicyclic) bond motifs is 1. The van der Waals surface area contributed by atoms with Crippen molar-refractivity contribution in [1.29, 1.82) is 0 Å². The predicted molar refractivity (Wildman–Crippen MR) is 87.7 cm³/mol. The molecule has 0 radical (unpaired) electrons. The highest BCUT2D eigenvalue weighted by molar-refractivity contribution is 8.00. The van der Waals surface area contributed by atoms with Gasteiger partial charge in [0.25, 0.3) is 0 Å². The molecule has 4 nitrogen and oxygen atoms in total. The average molecular weight is 292 g/mol. The van der Waals surface area contributed by atoms with E-state index in [4.69, 9.17) is 10.8 Å². The van der Waals surface area contributed by atoms with E-state index < -0.39 is 0 Å². The molecule has 0 aliphatic rings. The Morgan fingerprint density at radius 3 is 2.65 bits per heavy atom. The first-order valence-electron chi connectivity index (χ1n) is 6.91. The van der Waals surface area contributed by atoms with E-state index in [0.717, 1.165) is 23.5 Å². The molecule has 5 heteroatoms. The number of benzene rings is 1. The van der Waals surface area contributed by atoms with Gasteiger partial charge in [0.1, 0.15) is 5.82 Å². The third kappa shape index (κ3) is 3.75. The molecule has 1 atom stereocenters. The third-order valence-corrected chi connectivity index (χ3v) is 4.70. The van der Waals surface area contributed by atoms with E-state index in [9.17, 15) is 0 Å². The van der Waals surface area contributed by atoms with Crippen molar-refractivity contribution in [1.82, 2.24) is 15.0 Å². The van der Waals surface area contributed by atoms with E-state index in [0.29, 0.717) is 0 Å². The Kier molecular flexibility index (Phi) is 4.73. The lowest BCUT2D eigenvalue weighted by Crippen LogP contribution is -2.40. The summed E-state index contributed by atoms with van der Waals surface area (Å²) in [4.78, 5) is 4.70. The van der Waals surface area contributed by atoms with Crippen LogP contribution in [0.15, 0.2) is 24.3 Å². The standard InChI is InChI=1S/C15H24N4S/c1-15(2,3)20-10-11(18-16)9-14-17-12-7-5-6-8-13(12)19(14)4/h5-8,11,18H,9-10,16H2,1-4H3. The van der Waals surface area contributed by atoms with E-state index >= 15 is 0 Å². The molecule has 1 aromatic heterocycles. The molecule has 1 heterocycles. The maximum absolute atomic E-state index is 5.69. The summed E-state index contributed by atoms with van der Waals surface area (Å²) >= 11 is 1.92. The lowest BCUT2D eigenvalue weighted by atomic mass is 10.2. The van der Waals surface area contributed by atoms with E-state index in [1.807, 2.05) is 30.0 Å². The van der Waals surface area contributed by atoms with Gasteiger partial charge in [-0.1, -0.05) is 32.9 Å². The van der Waals surface area contributed by atoms with Gasteiger partial charge in [-0.2, -0.15) is 11.8 Å². The number of para-hydroxylation sites is 2. The second-order valence-electron chi connectivity index (χ2n) is 6.07. The van der Waals surface area contributed by atoms with Crippen LogP contribution in [-0.2, 0) is 13.5 Å². The van der Waals surface area contributed by atoms with Crippen LogP contribution in [0.1, 0.15) is 26.6 Å². The SMILES string of the molecule is Cn1c(CC(CSC(C)(C)C)NN)nc2ccccc21. The van der Waals surface area contributed by atoms with Crippen LogP contribution in [0.5, 0.6) is 0 Å². The van der Waals surface area contributed by atoms with Crippen LogP contribution in [-0.4, -0.2) is 26.1 Å². The van der Waals surface area contributed by atoms with Crippen LogP contribution in [0.4, 0.5) is 0 Å². The third-order valence-electron chi connectivity index (χ3n) is 3.26. The van der Waals surface area contributed by atoms with Crippen molar-refractivity contribution in [2.24, 2.45) is 12.9 Å². The van der Waals surface area contributed by atoms with Gasteiger partial charge >= 0.3 is 0 Å². The zero-order valence-corrected chi connectivity index (χ0v) is 13.5. The molecule has 2 rings (SSSR count). The fourth-order valence-electron chi connectivity index (χ4n) is 2.11. The Labute approximate surface area is 125 Å². The van der Waals surface area contributed by atoms with Gasteiger partial charge in [-0.15, -0.1) is 0 Å². The second kappa shape index (κ2) is 6.16. The summed E-state index contributed by atoms with van der Waals surface area (Å²) in [5.41, 5.74) is 5.13. The van der Waals surface area contributed by atoms with Crippen LogP contribution in [0.25, 0.3) is 11.0 Å². The van der Waals surface area contributed by atoms with Gasteiger partial charge in [0.05, 0.1) is 11.0 Å². The van der Waals surface area contributed by atoms with E-state index in [1.54, 1.807) is 0 Å². The lowest BCUT2D eigenvalue weighted by molar-refractivity contribution is 0.552. The lowest BCUT2D eigenvalue weighted by Gasteiger charge is -2.22.